The van der Waals surface area contributed by atoms with Crippen molar-refractivity contribution in [3.8, 4) is 0 Å². The summed E-state index contributed by atoms with van der Waals surface area (Å²) in [6, 6.07) is 28.7. The van der Waals surface area contributed by atoms with E-state index < -0.39 is 11.9 Å². The quantitative estimate of drug-likeness (QED) is 0.711. The largest absolute Gasteiger partial charge is 0.446 e. The van der Waals surface area contributed by atoms with E-state index in [1.165, 1.54) is 0 Å². The molecular formula is C23H21NO4. The Kier molecular flexibility index (Phi) is 5.37. The van der Waals surface area contributed by atoms with Gasteiger partial charge in [0.25, 0.3) is 0 Å². The Labute approximate surface area is 163 Å². The van der Waals surface area contributed by atoms with Crippen LogP contribution in [0.1, 0.15) is 11.1 Å². The number of nitrogens with one attached hydrogen (secondary N) is 1. The van der Waals surface area contributed by atoms with Crippen molar-refractivity contribution in [1.82, 2.24) is 0 Å². The molecule has 0 aromatic heterocycles. The van der Waals surface area contributed by atoms with E-state index in [1.54, 1.807) is 12.1 Å². The van der Waals surface area contributed by atoms with Gasteiger partial charge in [-0.2, -0.15) is 0 Å². The highest BCUT2D eigenvalue weighted by atomic mass is 16.8. The summed E-state index contributed by atoms with van der Waals surface area (Å²) in [5, 5.41) is 2.69. The van der Waals surface area contributed by atoms with Gasteiger partial charge in [-0.1, -0.05) is 78.9 Å². The second-order valence-electron chi connectivity index (χ2n) is 6.49. The Balaban J connectivity index is 1.45. The average molecular weight is 375 g/mol. The van der Waals surface area contributed by atoms with Gasteiger partial charge in [0.1, 0.15) is 12.7 Å². The first-order chi connectivity index (χ1) is 13.8. The minimum absolute atomic E-state index is 0.0973. The summed E-state index contributed by atoms with van der Waals surface area (Å²) in [5.74, 6) is -1.01. The summed E-state index contributed by atoms with van der Waals surface area (Å²) in [6.45, 7) is 0.419. The highest BCUT2D eigenvalue weighted by molar-refractivity contribution is 5.84. The molecule has 1 fully saturated rings. The molecule has 5 heteroatoms. The van der Waals surface area contributed by atoms with Gasteiger partial charge in [0.05, 0.1) is 6.61 Å². The fourth-order valence-corrected chi connectivity index (χ4v) is 3.22. The van der Waals surface area contributed by atoms with Crippen LogP contribution in [0.25, 0.3) is 0 Å². The van der Waals surface area contributed by atoms with Crippen LogP contribution in [0, 0.1) is 0 Å². The summed E-state index contributed by atoms with van der Waals surface area (Å²) >= 11 is 0. The third-order valence-corrected chi connectivity index (χ3v) is 4.53. The number of carbonyl (C=O) groups is 1. The molecule has 1 heterocycles. The van der Waals surface area contributed by atoms with E-state index >= 15 is 0 Å². The molecule has 1 aliphatic rings. The summed E-state index contributed by atoms with van der Waals surface area (Å²) in [7, 11) is 0. The van der Waals surface area contributed by atoms with Gasteiger partial charge in [-0.25, -0.2) is 4.79 Å². The summed E-state index contributed by atoms with van der Waals surface area (Å²) in [6.07, 6.45) is -0.895. The number of amides is 1. The van der Waals surface area contributed by atoms with Gasteiger partial charge in [-0.15, -0.1) is 0 Å². The van der Waals surface area contributed by atoms with Crippen LogP contribution in [0.15, 0.2) is 91.0 Å². The van der Waals surface area contributed by atoms with Crippen LogP contribution in [-0.2, 0) is 20.0 Å². The average Bonchev–Trinajstić information content (AvgIpc) is 3.20. The third kappa shape index (κ3) is 3.91. The Morgan fingerprint density at radius 2 is 1.43 bits per heavy atom. The lowest BCUT2D eigenvalue weighted by Crippen LogP contribution is -2.31. The number of rotatable bonds is 5. The van der Waals surface area contributed by atoms with E-state index in [9.17, 15) is 4.79 Å². The molecule has 3 aromatic rings. The molecule has 0 radical (unpaired) electrons. The standard InChI is InChI=1S/C23H21NO4/c25-22(24-20-14-8-3-9-15-20)26-16-21-17-27-23(28-21,18-10-4-1-5-11-18)19-12-6-2-7-13-19/h1-15,21H,16-17H2,(H,24,25)/t21-/m1/s1. The number of carbonyl (C=O) groups excluding carboxylic acids is 1. The highest BCUT2D eigenvalue weighted by Crippen LogP contribution is 2.40. The molecule has 0 unspecified atom stereocenters. The fourth-order valence-electron chi connectivity index (χ4n) is 3.22. The first kappa shape index (κ1) is 18.2. The summed E-state index contributed by atoms with van der Waals surface area (Å²) in [4.78, 5) is 12.0. The van der Waals surface area contributed by atoms with Gasteiger partial charge < -0.3 is 14.2 Å². The Morgan fingerprint density at radius 3 is 2.00 bits per heavy atom. The molecule has 0 saturated carbocycles. The van der Waals surface area contributed by atoms with Crippen LogP contribution >= 0.6 is 0 Å². The summed E-state index contributed by atoms with van der Waals surface area (Å²) < 4.78 is 17.8. The number of anilines is 1. The highest BCUT2D eigenvalue weighted by Gasteiger charge is 2.45. The van der Waals surface area contributed by atoms with Crippen molar-refractivity contribution in [2.24, 2.45) is 0 Å². The molecule has 0 spiro atoms. The zero-order chi connectivity index (χ0) is 19.2. The number of ether oxygens (including phenoxy) is 3. The SMILES string of the molecule is O=C(Nc1ccccc1)OC[C@@H]1COC(c2ccccc2)(c2ccccc2)O1. The zero-order valence-corrected chi connectivity index (χ0v) is 15.3. The molecule has 0 aliphatic carbocycles. The fraction of sp³-hybridized carbons (Fsp3) is 0.174. The van der Waals surface area contributed by atoms with Crippen molar-refractivity contribution >= 4 is 11.8 Å². The number of benzene rings is 3. The maximum Gasteiger partial charge on any atom is 0.411 e. The molecule has 1 amide bonds. The Hall–Kier alpha value is -3.15. The van der Waals surface area contributed by atoms with Crippen LogP contribution in [0.3, 0.4) is 0 Å². The molecule has 0 bridgehead atoms. The van der Waals surface area contributed by atoms with Gasteiger partial charge in [-0.05, 0) is 12.1 Å². The van der Waals surface area contributed by atoms with Crippen molar-refractivity contribution in [3.05, 3.63) is 102 Å². The van der Waals surface area contributed by atoms with Crippen LogP contribution in [0.5, 0.6) is 0 Å². The molecule has 1 aliphatic heterocycles. The second kappa shape index (κ2) is 8.25. The first-order valence-corrected chi connectivity index (χ1v) is 9.18. The number of para-hydroxylation sites is 1. The normalized spacial score (nSPS) is 17.8. The number of hydrogen-bond donors (Lipinski definition) is 1. The van der Waals surface area contributed by atoms with Crippen molar-refractivity contribution in [1.29, 1.82) is 0 Å². The van der Waals surface area contributed by atoms with Crippen molar-refractivity contribution < 1.29 is 19.0 Å². The van der Waals surface area contributed by atoms with Crippen LogP contribution < -0.4 is 5.32 Å². The smallest absolute Gasteiger partial charge is 0.411 e. The maximum atomic E-state index is 12.0. The van der Waals surface area contributed by atoms with E-state index in [4.69, 9.17) is 14.2 Å². The predicted molar refractivity (Wildman–Crippen MR) is 106 cm³/mol. The maximum absolute atomic E-state index is 12.0. The molecule has 1 N–H and O–H groups in total. The van der Waals surface area contributed by atoms with Crippen molar-refractivity contribution in [3.63, 3.8) is 0 Å². The topological polar surface area (TPSA) is 56.8 Å². The van der Waals surface area contributed by atoms with E-state index in [0.717, 1.165) is 11.1 Å². The molecule has 5 nitrogen and oxygen atoms in total. The van der Waals surface area contributed by atoms with Gasteiger partial charge in [0, 0.05) is 16.8 Å². The van der Waals surface area contributed by atoms with Gasteiger partial charge in [0.2, 0.25) is 5.79 Å². The molecule has 4 rings (SSSR count). The van der Waals surface area contributed by atoms with Crippen LogP contribution in [0.4, 0.5) is 10.5 Å². The molecule has 1 atom stereocenters. The van der Waals surface area contributed by atoms with Gasteiger partial charge in [0.15, 0.2) is 0 Å². The molecule has 1 saturated heterocycles. The van der Waals surface area contributed by atoms with Crippen molar-refractivity contribution in [2.45, 2.75) is 11.9 Å². The lowest BCUT2D eigenvalue weighted by atomic mass is 9.97. The third-order valence-electron chi connectivity index (χ3n) is 4.53. The minimum atomic E-state index is -1.01. The second-order valence-corrected chi connectivity index (χ2v) is 6.49. The first-order valence-electron chi connectivity index (χ1n) is 9.18. The predicted octanol–water partition coefficient (Wildman–Crippen LogP) is 4.55. The lowest BCUT2D eigenvalue weighted by Gasteiger charge is -2.29. The molecule has 3 aromatic carbocycles. The Bertz CT molecular complexity index is 860. The van der Waals surface area contributed by atoms with E-state index in [0.29, 0.717) is 12.3 Å². The zero-order valence-electron chi connectivity index (χ0n) is 15.3. The lowest BCUT2D eigenvalue weighted by molar-refractivity contribution is -0.146. The molecule has 142 valence electrons. The van der Waals surface area contributed by atoms with E-state index in [-0.39, 0.29) is 12.7 Å². The minimum Gasteiger partial charge on any atom is -0.446 e. The van der Waals surface area contributed by atoms with Gasteiger partial charge >= 0.3 is 6.09 Å². The Morgan fingerprint density at radius 1 is 0.893 bits per heavy atom. The van der Waals surface area contributed by atoms with Crippen LogP contribution in [-0.4, -0.2) is 25.4 Å². The van der Waals surface area contributed by atoms with Crippen molar-refractivity contribution in [2.75, 3.05) is 18.5 Å². The molecule has 28 heavy (non-hydrogen) atoms. The summed E-state index contributed by atoms with van der Waals surface area (Å²) in [5.41, 5.74) is 2.48. The van der Waals surface area contributed by atoms with E-state index in [2.05, 4.69) is 5.32 Å². The number of hydrogen-bond acceptors (Lipinski definition) is 4. The van der Waals surface area contributed by atoms with Crippen LogP contribution in [0.2, 0.25) is 0 Å². The van der Waals surface area contributed by atoms with Gasteiger partial charge in [-0.3, -0.25) is 5.32 Å². The van der Waals surface area contributed by atoms with E-state index in [1.807, 2.05) is 78.9 Å². The monoisotopic (exact) mass is 375 g/mol. The molecular weight excluding hydrogens is 354 g/mol.